The third-order valence-electron chi connectivity index (χ3n) is 5.72. The molecule has 1 aromatic rings. The number of benzene rings is 1. The number of aryl methyl sites for hydroxylation is 2. The number of amides is 1. The van der Waals surface area contributed by atoms with Crippen LogP contribution in [0.3, 0.4) is 0 Å². The Morgan fingerprint density at radius 1 is 1.21 bits per heavy atom. The second-order valence-electron chi connectivity index (χ2n) is 7.74. The van der Waals surface area contributed by atoms with E-state index in [1.165, 1.54) is 12.0 Å². The summed E-state index contributed by atoms with van der Waals surface area (Å²) in [6.07, 6.45) is 2.01. The van der Waals surface area contributed by atoms with Crippen molar-refractivity contribution in [1.29, 1.82) is 0 Å². The number of methoxy groups -OCH3 is 1. The topological polar surface area (TPSA) is 80.8 Å². The summed E-state index contributed by atoms with van der Waals surface area (Å²) >= 11 is 0. The molecule has 0 saturated heterocycles. The molecule has 6 nitrogen and oxygen atoms in total. The normalized spacial score (nSPS) is 17.2. The molecule has 0 aromatic heterocycles. The molecule has 1 aromatic carbocycles. The van der Waals surface area contributed by atoms with Gasteiger partial charge in [0.1, 0.15) is 0 Å². The van der Waals surface area contributed by atoms with Crippen LogP contribution in [0.2, 0.25) is 0 Å². The van der Waals surface area contributed by atoms with Crippen molar-refractivity contribution in [2.75, 3.05) is 20.2 Å². The first kappa shape index (κ1) is 22.4. The van der Waals surface area contributed by atoms with Crippen molar-refractivity contribution in [2.24, 2.45) is 5.92 Å². The van der Waals surface area contributed by atoms with Gasteiger partial charge in [-0.05, 0) is 50.8 Å². The second kappa shape index (κ2) is 8.64. The van der Waals surface area contributed by atoms with Gasteiger partial charge in [0.2, 0.25) is 5.91 Å². The molecule has 0 spiro atoms. The Labute approximate surface area is 168 Å². The van der Waals surface area contributed by atoms with E-state index in [1.54, 1.807) is 32.9 Å². The van der Waals surface area contributed by atoms with Crippen molar-refractivity contribution >= 4 is 21.7 Å². The lowest BCUT2D eigenvalue weighted by molar-refractivity contribution is -0.146. The van der Waals surface area contributed by atoms with Gasteiger partial charge in [-0.15, -0.1) is 0 Å². The van der Waals surface area contributed by atoms with Gasteiger partial charge in [-0.3, -0.25) is 9.59 Å². The van der Waals surface area contributed by atoms with Crippen molar-refractivity contribution in [3.8, 4) is 0 Å². The predicted molar refractivity (Wildman–Crippen MR) is 108 cm³/mol. The van der Waals surface area contributed by atoms with E-state index >= 15 is 0 Å². The van der Waals surface area contributed by atoms with Crippen LogP contribution in [0, 0.1) is 19.8 Å². The smallest absolute Gasteiger partial charge is 0.310 e. The van der Waals surface area contributed by atoms with Crippen molar-refractivity contribution < 1.29 is 22.7 Å². The van der Waals surface area contributed by atoms with Gasteiger partial charge in [-0.1, -0.05) is 31.9 Å². The van der Waals surface area contributed by atoms with Gasteiger partial charge in [0.05, 0.1) is 17.9 Å². The molecule has 0 aliphatic heterocycles. The van der Waals surface area contributed by atoms with Crippen LogP contribution in [-0.4, -0.2) is 50.1 Å². The average molecular weight is 410 g/mol. The standard InChI is InChI=1S/C21H31NO5S/c1-6-22(14-17(4)19(23)27-5)20(24)21(11-7-8-12-21)28(25,26)18-13-15(2)9-10-16(18)3/h9-10,13,17H,6-8,11-12,14H2,1-5H3. The number of ether oxygens (including phenoxy) is 1. The minimum Gasteiger partial charge on any atom is -0.469 e. The first-order valence-corrected chi connectivity index (χ1v) is 11.3. The number of carbonyl (C=O) groups excluding carboxylic acids is 2. The highest BCUT2D eigenvalue weighted by Gasteiger charge is 2.54. The van der Waals surface area contributed by atoms with Crippen LogP contribution < -0.4 is 0 Å². The molecule has 0 heterocycles. The lowest BCUT2D eigenvalue weighted by Gasteiger charge is -2.34. The minimum absolute atomic E-state index is 0.145. The number of nitrogens with zero attached hydrogens (tertiary/aromatic N) is 1. The van der Waals surface area contributed by atoms with Crippen LogP contribution in [0.4, 0.5) is 0 Å². The summed E-state index contributed by atoms with van der Waals surface area (Å²) in [5, 5.41) is 0. The summed E-state index contributed by atoms with van der Waals surface area (Å²) in [7, 11) is -2.57. The Kier molecular flexibility index (Phi) is 6.91. The highest BCUT2D eigenvalue weighted by molar-refractivity contribution is 7.93. The second-order valence-corrected chi connectivity index (χ2v) is 9.97. The lowest BCUT2D eigenvalue weighted by Crippen LogP contribution is -2.53. The average Bonchev–Trinajstić information content (AvgIpc) is 3.18. The molecule has 0 radical (unpaired) electrons. The zero-order chi connectivity index (χ0) is 21.1. The largest absolute Gasteiger partial charge is 0.469 e. The maximum absolute atomic E-state index is 13.7. The van der Waals surface area contributed by atoms with E-state index in [4.69, 9.17) is 4.74 Å². The van der Waals surface area contributed by atoms with Gasteiger partial charge < -0.3 is 9.64 Å². The highest BCUT2D eigenvalue weighted by atomic mass is 32.2. The van der Waals surface area contributed by atoms with Gasteiger partial charge in [-0.2, -0.15) is 0 Å². The van der Waals surface area contributed by atoms with Crippen LogP contribution in [0.1, 0.15) is 50.7 Å². The van der Waals surface area contributed by atoms with Gasteiger partial charge in [0.25, 0.3) is 0 Å². The summed E-state index contributed by atoms with van der Waals surface area (Å²) < 4.78 is 30.8. The summed E-state index contributed by atoms with van der Waals surface area (Å²) in [5.41, 5.74) is 1.49. The molecular weight excluding hydrogens is 378 g/mol. The van der Waals surface area contributed by atoms with Gasteiger partial charge >= 0.3 is 5.97 Å². The first-order chi connectivity index (χ1) is 13.1. The quantitative estimate of drug-likeness (QED) is 0.647. The van der Waals surface area contributed by atoms with Crippen molar-refractivity contribution in [3.05, 3.63) is 29.3 Å². The minimum atomic E-state index is -3.88. The number of hydrogen-bond donors (Lipinski definition) is 0. The van der Waals surface area contributed by atoms with Crippen molar-refractivity contribution in [1.82, 2.24) is 4.90 Å². The molecule has 28 heavy (non-hydrogen) atoms. The Balaban J connectivity index is 2.48. The zero-order valence-electron chi connectivity index (χ0n) is 17.4. The molecule has 1 saturated carbocycles. The number of hydrogen-bond acceptors (Lipinski definition) is 5. The van der Waals surface area contributed by atoms with Gasteiger partial charge in [0, 0.05) is 13.1 Å². The van der Waals surface area contributed by atoms with E-state index in [0.717, 1.165) is 5.56 Å². The maximum Gasteiger partial charge on any atom is 0.310 e. The third-order valence-corrected chi connectivity index (χ3v) is 8.35. The number of esters is 1. The molecular formula is C21H31NO5S. The van der Waals surface area contributed by atoms with Crippen LogP contribution in [0.25, 0.3) is 0 Å². The van der Waals surface area contributed by atoms with Gasteiger partial charge in [-0.25, -0.2) is 8.42 Å². The fourth-order valence-corrected chi connectivity index (χ4v) is 6.44. The summed E-state index contributed by atoms with van der Waals surface area (Å²) in [6, 6.07) is 5.31. The van der Waals surface area contributed by atoms with Crippen molar-refractivity contribution in [3.63, 3.8) is 0 Å². The van der Waals surface area contributed by atoms with Gasteiger partial charge in [0.15, 0.2) is 14.6 Å². The van der Waals surface area contributed by atoms with E-state index in [-0.39, 0.29) is 11.4 Å². The van der Waals surface area contributed by atoms with E-state index < -0.39 is 32.4 Å². The number of rotatable bonds is 7. The number of carbonyl (C=O) groups is 2. The van der Waals surface area contributed by atoms with E-state index in [2.05, 4.69) is 0 Å². The third kappa shape index (κ3) is 3.95. The summed E-state index contributed by atoms with van der Waals surface area (Å²) in [6.45, 7) is 7.57. The Morgan fingerprint density at radius 2 is 1.82 bits per heavy atom. The van der Waals surface area contributed by atoms with Crippen LogP contribution in [0.5, 0.6) is 0 Å². The molecule has 1 fully saturated rings. The van der Waals surface area contributed by atoms with Crippen molar-refractivity contribution in [2.45, 2.75) is 63.0 Å². The first-order valence-electron chi connectivity index (χ1n) is 9.79. The molecule has 1 aliphatic carbocycles. The molecule has 1 unspecified atom stereocenters. The van der Waals surface area contributed by atoms with Crippen LogP contribution >= 0.6 is 0 Å². The number of sulfone groups is 1. The van der Waals surface area contributed by atoms with E-state index in [1.807, 2.05) is 13.0 Å². The molecule has 1 atom stereocenters. The van der Waals surface area contributed by atoms with E-state index in [0.29, 0.717) is 37.8 Å². The predicted octanol–water partition coefficient (Wildman–Crippen LogP) is 3.05. The lowest BCUT2D eigenvalue weighted by atomic mass is 10.0. The Morgan fingerprint density at radius 3 is 2.36 bits per heavy atom. The molecule has 2 rings (SSSR count). The monoisotopic (exact) mass is 409 g/mol. The van der Waals surface area contributed by atoms with Crippen LogP contribution in [-0.2, 0) is 24.2 Å². The zero-order valence-corrected chi connectivity index (χ0v) is 18.3. The molecule has 0 N–H and O–H groups in total. The Hall–Kier alpha value is -1.89. The van der Waals surface area contributed by atoms with Crippen LogP contribution in [0.15, 0.2) is 23.1 Å². The molecule has 1 amide bonds. The molecule has 156 valence electrons. The highest BCUT2D eigenvalue weighted by Crippen LogP contribution is 2.43. The van der Waals surface area contributed by atoms with E-state index in [9.17, 15) is 18.0 Å². The maximum atomic E-state index is 13.7. The fourth-order valence-electron chi connectivity index (χ4n) is 4.00. The SMILES string of the molecule is CCN(CC(C)C(=O)OC)C(=O)C1(S(=O)(=O)c2cc(C)ccc2C)CCCC1. The molecule has 0 bridgehead atoms. The Bertz CT molecular complexity index is 840. The summed E-state index contributed by atoms with van der Waals surface area (Å²) in [4.78, 5) is 27.1. The summed E-state index contributed by atoms with van der Waals surface area (Å²) in [5.74, 6) is -1.33. The molecule has 7 heteroatoms. The fraction of sp³-hybridized carbons (Fsp3) is 0.619. The molecule has 1 aliphatic rings.